The van der Waals surface area contributed by atoms with Gasteiger partial charge in [-0.1, -0.05) is 31.8 Å². The lowest BCUT2D eigenvalue weighted by Gasteiger charge is -2.13. The first-order valence-corrected chi connectivity index (χ1v) is 10.9. The highest BCUT2D eigenvalue weighted by atomic mass is 28.3. The second-order valence-electron chi connectivity index (χ2n) is 6.41. The van der Waals surface area contributed by atoms with E-state index in [1.54, 1.807) is 6.08 Å². The fourth-order valence-corrected chi connectivity index (χ4v) is 2.99. The molecule has 0 bridgehead atoms. The van der Waals surface area contributed by atoms with E-state index in [1.807, 2.05) is 6.08 Å². The summed E-state index contributed by atoms with van der Waals surface area (Å²) in [6, 6.07) is 1.24. The molecule has 0 radical (unpaired) electrons. The number of cyclic esters (lactones) is 2. The Morgan fingerprint density at radius 1 is 1.32 bits per heavy atom. The highest BCUT2D eigenvalue weighted by molar-refractivity contribution is 6.76. The van der Waals surface area contributed by atoms with Crippen LogP contribution in [0.15, 0.2) is 37.1 Å². The van der Waals surface area contributed by atoms with Gasteiger partial charge < -0.3 is 9.64 Å². The molecular weight excluding hydrogens is 298 g/mol. The predicted molar refractivity (Wildman–Crippen MR) is 87.5 cm³/mol. The smallest absolute Gasteiger partial charge is 0.363 e. The van der Waals surface area contributed by atoms with Crippen molar-refractivity contribution in [2.24, 2.45) is 5.92 Å². The molecule has 0 aromatic rings. The van der Waals surface area contributed by atoms with Crippen LogP contribution < -0.4 is 0 Å². The molecule has 0 aliphatic carbocycles. The van der Waals surface area contributed by atoms with Crippen molar-refractivity contribution in [3.8, 4) is 0 Å². The second-order valence-corrected chi connectivity index (χ2v) is 11.9. The number of allylic oxidation sites excluding steroid dienone is 1. The molecule has 0 N–H and O–H groups in total. The van der Waals surface area contributed by atoms with E-state index in [0.717, 1.165) is 6.08 Å². The minimum absolute atomic E-state index is 0.0364. The van der Waals surface area contributed by atoms with Crippen LogP contribution in [0.25, 0.3) is 0 Å². The average molecular weight is 321 g/mol. The third-order valence-corrected chi connectivity index (χ3v) is 4.75. The van der Waals surface area contributed by atoms with Gasteiger partial charge in [-0.05, 0) is 12.5 Å². The van der Waals surface area contributed by atoms with Crippen LogP contribution in [0.3, 0.4) is 0 Å². The predicted octanol–water partition coefficient (Wildman–Crippen LogP) is 2.50. The highest BCUT2D eigenvalue weighted by Crippen LogP contribution is 2.25. The fourth-order valence-electron chi connectivity index (χ4n) is 2.12. The van der Waals surface area contributed by atoms with Crippen LogP contribution in [0.5, 0.6) is 0 Å². The maximum Gasteiger partial charge on any atom is 0.363 e. The topological polar surface area (TPSA) is 63.7 Å². The molecule has 1 saturated heterocycles. The molecule has 2 aliphatic rings. The third-order valence-electron chi connectivity index (χ3n) is 3.24. The van der Waals surface area contributed by atoms with E-state index in [0.29, 0.717) is 13.0 Å². The van der Waals surface area contributed by atoms with E-state index in [1.165, 1.54) is 10.9 Å². The van der Waals surface area contributed by atoms with Gasteiger partial charge >= 0.3 is 11.9 Å². The number of amides is 1. The number of nitrogens with zero attached hydrogens (tertiary/aromatic N) is 1. The van der Waals surface area contributed by atoms with Gasteiger partial charge in [0.25, 0.3) is 0 Å². The van der Waals surface area contributed by atoms with Gasteiger partial charge in [-0.2, -0.15) is 0 Å². The summed E-state index contributed by atoms with van der Waals surface area (Å²) in [6.07, 6.45) is 5.23. The van der Waals surface area contributed by atoms with Crippen molar-refractivity contribution in [2.75, 3.05) is 6.54 Å². The Hall–Kier alpha value is -1.95. The van der Waals surface area contributed by atoms with Crippen LogP contribution in [0.2, 0.25) is 25.7 Å². The van der Waals surface area contributed by atoms with Gasteiger partial charge in [-0.25, -0.2) is 9.59 Å². The molecule has 1 fully saturated rings. The van der Waals surface area contributed by atoms with Gasteiger partial charge in [0.1, 0.15) is 5.70 Å². The molecule has 22 heavy (non-hydrogen) atoms. The molecule has 6 heteroatoms. The Balaban J connectivity index is 0.000000295. The second kappa shape index (κ2) is 7.35. The Kier molecular flexibility index (Phi) is 6.05. The summed E-state index contributed by atoms with van der Waals surface area (Å²) in [5, 5.41) is 0. The number of hydrogen-bond acceptors (Lipinski definition) is 4. The normalized spacial score (nSPS) is 21.0. The molecule has 0 spiro atoms. The molecule has 1 unspecified atom stereocenters. The zero-order chi connectivity index (χ0) is 16.9. The number of carbonyl (C=O) groups excluding carboxylic acids is 3. The first-order chi connectivity index (χ1) is 10.2. The van der Waals surface area contributed by atoms with E-state index in [2.05, 4.69) is 37.5 Å². The van der Waals surface area contributed by atoms with Gasteiger partial charge in [-0.3, -0.25) is 4.79 Å². The lowest BCUT2D eigenvalue weighted by Crippen LogP contribution is -2.29. The first kappa shape index (κ1) is 18.1. The number of ether oxygens (including phenoxy) is 1. The quantitative estimate of drug-likeness (QED) is 0.345. The summed E-state index contributed by atoms with van der Waals surface area (Å²) < 4.78 is 4.31. The molecule has 0 aromatic heterocycles. The van der Waals surface area contributed by atoms with Crippen molar-refractivity contribution >= 4 is 25.9 Å². The molecule has 1 amide bonds. The van der Waals surface area contributed by atoms with Crippen molar-refractivity contribution in [1.82, 2.24) is 4.90 Å². The molecule has 5 nitrogen and oxygen atoms in total. The summed E-state index contributed by atoms with van der Waals surface area (Å²) >= 11 is 0. The van der Waals surface area contributed by atoms with Crippen LogP contribution in [0.1, 0.15) is 6.42 Å². The Morgan fingerprint density at radius 2 is 1.95 bits per heavy atom. The van der Waals surface area contributed by atoms with Gasteiger partial charge in [0.15, 0.2) is 0 Å². The number of rotatable bonds is 4. The zero-order valence-corrected chi connectivity index (χ0v) is 14.4. The minimum Gasteiger partial charge on any atom is -0.385 e. The Labute approximate surface area is 132 Å². The Morgan fingerprint density at radius 3 is 2.27 bits per heavy atom. The van der Waals surface area contributed by atoms with Crippen molar-refractivity contribution in [2.45, 2.75) is 32.1 Å². The SMILES string of the molecule is C=CC1CCN(C2=CC(=O)OC2=O)C1=O.C=CC[Si](C)(C)C. The van der Waals surface area contributed by atoms with E-state index in [9.17, 15) is 14.4 Å². The van der Waals surface area contributed by atoms with Gasteiger partial charge in [0.2, 0.25) is 5.91 Å². The number of carbonyl (C=O) groups is 3. The largest absolute Gasteiger partial charge is 0.385 e. The van der Waals surface area contributed by atoms with Crippen LogP contribution in [-0.2, 0) is 19.1 Å². The Bertz CT molecular complexity index is 531. The van der Waals surface area contributed by atoms with Gasteiger partial charge in [-0.15, -0.1) is 13.2 Å². The summed E-state index contributed by atoms with van der Waals surface area (Å²) in [5.41, 5.74) is 0.0364. The molecule has 0 aromatic carbocycles. The maximum absolute atomic E-state index is 11.7. The molecule has 2 aliphatic heterocycles. The summed E-state index contributed by atoms with van der Waals surface area (Å²) in [5.74, 6) is -1.94. The molecule has 2 heterocycles. The van der Waals surface area contributed by atoms with E-state index >= 15 is 0 Å². The molecule has 0 saturated carbocycles. The monoisotopic (exact) mass is 321 g/mol. The number of esters is 2. The van der Waals surface area contributed by atoms with E-state index in [-0.39, 0.29) is 17.5 Å². The standard InChI is InChI=1S/C10H9NO4.C6H14Si/c1-2-6-3-4-11(9(6)13)7-5-8(12)15-10(7)14;1-5-6-7(2,3)4/h2,5-6H,1,3-4H2;5H,1,6H2,2-4H3. The fraction of sp³-hybridized carbons (Fsp3) is 0.438. The first-order valence-electron chi connectivity index (χ1n) is 7.22. The van der Waals surface area contributed by atoms with Crippen LogP contribution >= 0.6 is 0 Å². The lowest BCUT2D eigenvalue weighted by atomic mass is 10.1. The number of hydrogen-bond donors (Lipinski definition) is 0. The van der Waals surface area contributed by atoms with Crippen molar-refractivity contribution in [3.05, 3.63) is 37.1 Å². The van der Waals surface area contributed by atoms with Crippen LogP contribution in [-0.4, -0.2) is 37.4 Å². The molecule has 1 atom stereocenters. The van der Waals surface area contributed by atoms with E-state index < -0.39 is 20.0 Å². The van der Waals surface area contributed by atoms with Crippen LogP contribution in [0, 0.1) is 5.92 Å². The summed E-state index contributed by atoms with van der Waals surface area (Å²) in [6.45, 7) is 14.7. The zero-order valence-electron chi connectivity index (χ0n) is 13.4. The minimum atomic E-state index is -0.775. The third kappa shape index (κ3) is 4.80. The summed E-state index contributed by atoms with van der Waals surface area (Å²) in [7, 11) is -0.775. The van der Waals surface area contributed by atoms with Gasteiger partial charge in [0.05, 0.1) is 12.0 Å². The summed E-state index contributed by atoms with van der Waals surface area (Å²) in [4.78, 5) is 34.9. The highest BCUT2D eigenvalue weighted by Gasteiger charge is 2.38. The molecule has 120 valence electrons. The van der Waals surface area contributed by atoms with Gasteiger partial charge in [0, 0.05) is 14.6 Å². The van der Waals surface area contributed by atoms with Crippen molar-refractivity contribution in [3.63, 3.8) is 0 Å². The van der Waals surface area contributed by atoms with E-state index in [4.69, 9.17) is 0 Å². The average Bonchev–Trinajstić information content (AvgIpc) is 2.91. The molecule has 2 rings (SSSR count). The maximum atomic E-state index is 11.7. The lowest BCUT2D eigenvalue weighted by molar-refractivity contribution is -0.152. The van der Waals surface area contributed by atoms with Crippen LogP contribution in [0.4, 0.5) is 0 Å². The number of likely N-dealkylation sites (tertiary alicyclic amines) is 1. The van der Waals surface area contributed by atoms with Crippen molar-refractivity contribution in [1.29, 1.82) is 0 Å². The van der Waals surface area contributed by atoms with Crippen molar-refractivity contribution < 1.29 is 19.1 Å². The molecular formula is C16H23NO4Si.